The van der Waals surface area contributed by atoms with Gasteiger partial charge in [0.1, 0.15) is 11.6 Å². The van der Waals surface area contributed by atoms with Crippen LogP contribution >= 0.6 is 27.7 Å². The molecule has 0 amide bonds. The number of nitrogens with two attached hydrogens (primary N) is 1. The van der Waals surface area contributed by atoms with Crippen molar-refractivity contribution in [3.8, 4) is 0 Å². The molecular formula is C17H20BrFN4O3S. The van der Waals surface area contributed by atoms with Crippen molar-refractivity contribution in [2.75, 3.05) is 19.5 Å². The van der Waals surface area contributed by atoms with Gasteiger partial charge in [-0.15, -0.1) is 11.8 Å². The number of aliphatic imine (C=N–C) groups is 1. The third-order valence-corrected chi connectivity index (χ3v) is 5.14. The minimum Gasteiger partial charge on any atom is -0.385 e. The summed E-state index contributed by atoms with van der Waals surface area (Å²) in [6, 6.07) is 4.30. The summed E-state index contributed by atoms with van der Waals surface area (Å²) >= 11 is 4.50. The summed E-state index contributed by atoms with van der Waals surface area (Å²) < 4.78 is 23.3. The number of thioether (sulfide) groups is 1. The summed E-state index contributed by atoms with van der Waals surface area (Å²) in [7, 11) is 1.62. The highest BCUT2D eigenvalue weighted by Crippen LogP contribution is 2.24. The number of halogens is 2. The Hall–Kier alpha value is -1.78. The van der Waals surface area contributed by atoms with Crippen LogP contribution < -0.4 is 5.73 Å². The minimum atomic E-state index is -0.386. The largest absolute Gasteiger partial charge is 0.385 e. The number of aromatic nitrogens is 2. The fraction of sp³-hybridized carbons (Fsp3) is 0.412. The first kappa shape index (κ1) is 21.5. The number of nitrogens with zero attached hydrogens (tertiary/aromatic N) is 3. The molecule has 0 atom stereocenters. The highest BCUT2D eigenvalue weighted by atomic mass is 79.9. The lowest BCUT2D eigenvalue weighted by Gasteiger charge is -2.02. The van der Waals surface area contributed by atoms with Crippen molar-refractivity contribution in [1.29, 1.82) is 0 Å². The predicted molar refractivity (Wildman–Crippen MR) is 105 cm³/mol. The van der Waals surface area contributed by atoms with Crippen LogP contribution in [0.15, 0.2) is 37.3 Å². The van der Waals surface area contributed by atoms with E-state index in [1.165, 1.54) is 30.0 Å². The maximum absolute atomic E-state index is 13.3. The van der Waals surface area contributed by atoms with E-state index in [0.717, 1.165) is 6.42 Å². The Morgan fingerprint density at radius 2 is 2.15 bits per heavy atom. The van der Waals surface area contributed by atoms with Crippen LogP contribution in [0, 0.1) is 5.82 Å². The summed E-state index contributed by atoms with van der Waals surface area (Å²) in [6.45, 7) is 0.595. The van der Waals surface area contributed by atoms with Gasteiger partial charge < -0.3 is 10.5 Å². The third-order valence-electron chi connectivity index (χ3n) is 3.50. The van der Waals surface area contributed by atoms with Crippen LogP contribution in [0.1, 0.15) is 31.4 Å². The molecule has 2 rings (SSSR count). The van der Waals surface area contributed by atoms with E-state index in [1.807, 2.05) is 0 Å². The monoisotopic (exact) mass is 458 g/mol. The standard InChI is InChI=1S/C17H20BrFN4O3S/c1-25-8-2-4-12(24)5-3-9-27-17-15(22-26-23-17)16(20)21-11-6-7-14(19)13(18)10-11/h6-7,10H,2-5,8-9H2,1H3,(H2,20,21). The van der Waals surface area contributed by atoms with Crippen LogP contribution in [-0.2, 0) is 9.53 Å². The van der Waals surface area contributed by atoms with Crippen molar-refractivity contribution in [3.63, 3.8) is 0 Å². The van der Waals surface area contributed by atoms with E-state index in [0.29, 0.717) is 52.5 Å². The molecule has 0 bridgehead atoms. The molecular weight excluding hydrogens is 439 g/mol. The zero-order valence-corrected chi connectivity index (χ0v) is 17.2. The van der Waals surface area contributed by atoms with Gasteiger partial charge in [0.15, 0.2) is 16.6 Å². The van der Waals surface area contributed by atoms with Gasteiger partial charge in [-0.1, -0.05) is 0 Å². The smallest absolute Gasteiger partial charge is 0.183 e. The van der Waals surface area contributed by atoms with Crippen molar-refractivity contribution in [2.45, 2.75) is 30.7 Å². The van der Waals surface area contributed by atoms with Gasteiger partial charge in [0.25, 0.3) is 0 Å². The summed E-state index contributed by atoms with van der Waals surface area (Å²) in [6.07, 6.45) is 2.49. The first-order valence-electron chi connectivity index (χ1n) is 8.27. The molecule has 2 aromatic rings. The van der Waals surface area contributed by atoms with Gasteiger partial charge in [-0.2, -0.15) is 0 Å². The molecule has 0 aliphatic rings. The van der Waals surface area contributed by atoms with Crippen molar-refractivity contribution in [2.24, 2.45) is 10.7 Å². The van der Waals surface area contributed by atoms with Crippen LogP contribution in [-0.4, -0.2) is 41.4 Å². The number of methoxy groups -OCH3 is 1. The molecule has 146 valence electrons. The number of carbonyl (C=O) groups is 1. The topological polar surface area (TPSA) is 104 Å². The van der Waals surface area contributed by atoms with Gasteiger partial charge in [-0.05, 0) is 57.3 Å². The summed E-state index contributed by atoms with van der Waals surface area (Å²) in [4.78, 5) is 15.9. The molecule has 0 saturated heterocycles. The lowest BCUT2D eigenvalue weighted by Crippen LogP contribution is -2.14. The SMILES string of the molecule is COCCCC(=O)CCCSc1nonc1C(N)=Nc1ccc(F)c(Br)c1. The highest BCUT2D eigenvalue weighted by molar-refractivity contribution is 9.10. The van der Waals surface area contributed by atoms with Crippen LogP contribution in [0.3, 0.4) is 0 Å². The van der Waals surface area contributed by atoms with Gasteiger partial charge in [-0.25, -0.2) is 14.0 Å². The second-order valence-corrected chi connectivity index (χ2v) is 7.54. The Kier molecular flexibility index (Phi) is 8.89. The van der Waals surface area contributed by atoms with Crippen molar-refractivity contribution in [3.05, 3.63) is 34.2 Å². The van der Waals surface area contributed by atoms with Crippen LogP contribution in [0.25, 0.3) is 0 Å². The van der Waals surface area contributed by atoms with E-state index in [9.17, 15) is 9.18 Å². The lowest BCUT2D eigenvalue weighted by molar-refractivity contribution is -0.119. The third kappa shape index (κ3) is 7.04. The fourth-order valence-corrected chi connectivity index (χ4v) is 3.37. The van der Waals surface area contributed by atoms with Gasteiger partial charge in [0.2, 0.25) is 0 Å². The molecule has 10 heteroatoms. The Labute approximate surface area is 169 Å². The number of hydrogen-bond acceptors (Lipinski definition) is 7. The zero-order chi connectivity index (χ0) is 19.6. The molecule has 1 aromatic carbocycles. The summed E-state index contributed by atoms with van der Waals surface area (Å²) in [5.74, 6) is 0.623. The van der Waals surface area contributed by atoms with E-state index < -0.39 is 0 Å². The molecule has 1 aromatic heterocycles. The normalized spacial score (nSPS) is 11.7. The number of amidine groups is 1. The fourth-order valence-electron chi connectivity index (χ4n) is 2.16. The van der Waals surface area contributed by atoms with Gasteiger partial charge in [-0.3, -0.25) is 4.79 Å². The minimum absolute atomic E-state index is 0.118. The van der Waals surface area contributed by atoms with E-state index in [4.69, 9.17) is 15.1 Å². The number of hydrogen-bond donors (Lipinski definition) is 1. The average molecular weight is 459 g/mol. The predicted octanol–water partition coefficient (Wildman–Crippen LogP) is 3.88. The summed E-state index contributed by atoms with van der Waals surface area (Å²) in [5.41, 5.74) is 6.78. The number of ketones is 1. The van der Waals surface area contributed by atoms with Crippen molar-refractivity contribution in [1.82, 2.24) is 10.3 Å². The molecule has 0 radical (unpaired) electrons. The molecule has 2 N–H and O–H groups in total. The van der Waals surface area contributed by atoms with E-state index in [-0.39, 0.29) is 17.4 Å². The molecule has 27 heavy (non-hydrogen) atoms. The number of ether oxygens (including phenoxy) is 1. The lowest BCUT2D eigenvalue weighted by atomic mass is 10.1. The number of carbonyl (C=O) groups excluding carboxylic acids is 1. The maximum Gasteiger partial charge on any atom is 0.183 e. The maximum atomic E-state index is 13.3. The van der Waals surface area contributed by atoms with E-state index in [2.05, 4.69) is 31.2 Å². The molecule has 0 aliphatic heterocycles. The van der Waals surface area contributed by atoms with E-state index >= 15 is 0 Å². The van der Waals surface area contributed by atoms with Gasteiger partial charge in [0.05, 0.1) is 10.2 Å². The Morgan fingerprint density at radius 3 is 2.89 bits per heavy atom. The summed E-state index contributed by atoms with van der Waals surface area (Å²) in [5, 5.41) is 8.12. The van der Waals surface area contributed by atoms with Gasteiger partial charge >= 0.3 is 0 Å². The molecule has 0 fully saturated rings. The van der Waals surface area contributed by atoms with Gasteiger partial charge in [0, 0.05) is 32.3 Å². The number of Topliss-reactive ketones (excluding diaryl/α,β-unsaturated/α-hetero) is 1. The molecule has 0 saturated carbocycles. The zero-order valence-electron chi connectivity index (χ0n) is 14.8. The molecule has 7 nitrogen and oxygen atoms in total. The molecule has 0 aliphatic carbocycles. The number of benzene rings is 1. The first-order valence-corrected chi connectivity index (χ1v) is 10.0. The van der Waals surface area contributed by atoms with Crippen LogP contribution in [0.2, 0.25) is 0 Å². The van der Waals surface area contributed by atoms with Crippen LogP contribution in [0.5, 0.6) is 0 Å². The van der Waals surface area contributed by atoms with Crippen LogP contribution in [0.4, 0.5) is 10.1 Å². The van der Waals surface area contributed by atoms with E-state index in [1.54, 1.807) is 7.11 Å². The Bertz CT molecular complexity index is 800. The Morgan fingerprint density at radius 1 is 1.37 bits per heavy atom. The highest BCUT2D eigenvalue weighted by Gasteiger charge is 2.15. The van der Waals surface area contributed by atoms with Crippen molar-refractivity contribution >= 4 is 45.0 Å². The second-order valence-electron chi connectivity index (χ2n) is 5.60. The molecule has 1 heterocycles. The molecule has 0 spiro atoms. The molecule has 0 unspecified atom stereocenters. The first-order chi connectivity index (χ1) is 13.0. The average Bonchev–Trinajstić information content (AvgIpc) is 3.11. The number of rotatable bonds is 11. The second kappa shape index (κ2) is 11.2. The van der Waals surface area contributed by atoms with Crippen molar-refractivity contribution < 1.29 is 18.6 Å². The Balaban J connectivity index is 1.88. The quantitative estimate of drug-likeness (QED) is 0.235.